The maximum absolute atomic E-state index is 12.5. The first-order valence-corrected chi connectivity index (χ1v) is 7.67. The maximum atomic E-state index is 12.5. The predicted octanol–water partition coefficient (Wildman–Crippen LogP) is 3.37. The molecule has 1 aliphatic heterocycles. The summed E-state index contributed by atoms with van der Waals surface area (Å²) < 4.78 is 5.72. The molecule has 5 nitrogen and oxygen atoms in total. The number of nitrogens with zero attached hydrogens (tertiary/aromatic N) is 2. The monoisotopic (exact) mass is 301 g/mol. The normalized spacial score (nSPS) is 20.0. The van der Waals surface area contributed by atoms with Crippen LogP contribution in [0, 0.1) is 11.3 Å². The average molecular weight is 301 g/mol. The molecule has 2 rings (SSSR count). The van der Waals surface area contributed by atoms with Gasteiger partial charge in [0.25, 0.3) is 0 Å². The number of urea groups is 1. The molecule has 1 N–H and O–H groups in total. The minimum absolute atomic E-state index is 0.102. The van der Waals surface area contributed by atoms with Crippen molar-refractivity contribution in [2.45, 2.75) is 45.3 Å². The lowest BCUT2D eigenvalue weighted by Crippen LogP contribution is -2.49. The van der Waals surface area contributed by atoms with Crippen LogP contribution in [0.25, 0.3) is 0 Å². The second-order valence-corrected chi connectivity index (χ2v) is 6.16. The number of rotatable bonds is 3. The molecular weight excluding hydrogens is 278 g/mol. The molecule has 0 aromatic heterocycles. The van der Waals surface area contributed by atoms with Crippen LogP contribution in [0.15, 0.2) is 24.3 Å². The van der Waals surface area contributed by atoms with Gasteiger partial charge in [0.15, 0.2) is 0 Å². The third-order valence-electron chi connectivity index (χ3n) is 3.98. The molecule has 1 fully saturated rings. The Morgan fingerprint density at radius 1 is 1.45 bits per heavy atom. The van der Waals surface area contributed by atoms with Crippen molar-refractivity contribution in [3.8, 4) is 6.07 Å². The Balaban J connectivity index is 2.03. The summed E-state index contributed by atoms with van der Waals surface area (Å²) in [6.07, 6.45) is 1.69. The Labute approximate surface area is 131 Å². The highest BCUT2D eigenvalue weighted by Gasteiger charge is 2.33. The van der Waals surface area contributed by atoms with Crippen LogP contribution in [0.3, 0.4) is 0 Å². The maximum Gasteiger partial charge on any atom is 0.322 e. The fourth-order valence-electron chi connectivity index (χ4n) is 2.86. The molecule has 1 aromatic rings. The van der Waals surface area contributed by atoms with Gasteiger partial charge in [0.1, 0.15) is 0 Å². The third-order valence-corrected chi connectivity index (χ3v) is 3.98. The van der Waals surface area contributed by atoms with Gasteiger partial charge in [-0.1, -0.05) is 0 Å². The van der Waals surface area contributed by atoms with Crippen LogP contribution in [0.2, 0.25) is 0 Å². The average Bonchev–Trinajstić information content (AvgIpc) is 2.48. The fraction of sp³-hybridized carbons (Fsp3) is 0.529. The van der Waals surface area contributed by atoms with Gasteiger partial charge in [-0.25, -0.2) is 4.79 Å². The molecule has 1 unspecified atom stereocenters. The summed E-state index contributed by atoms with van der Waals surface area (Å²) in [7, 11) is 0. The van der Waals surface area contributed by atoms with Crippen LogP contribution < -0.4 is 5.32 Å². The summed E-state index contributed by atoms with van der Waals surface area (Å²) in [6.45, 7) is 7.44. The SMILES string of the molecule is CCN(C(=O)Nc1ccc(C#N)cc1)C1CCOC(C)(C)C1. The molecule has 0 saturated carbocycles. The minimum Gasteiger partial charge on any atom is -0.375 e. The molecule has 2 amide bonds. The van der Waals surface area contributed by atoms with Crippen molar-refractivity contribution in [2.24, 2.45) is 0 Å². The Morgan fingerprint density at radius 3 is 2.68 bits per heavy atom. The Bertz CT molecular complexity index is 560. The fourth-order valence-corrected chi connectivity index (χ4v) is 2.86. The van der Waals surface area contributed by atoms with Gasteiger partial charge in [-0.2, -0.15) is 5.26 Å². The zero-order valence-electron chi connectivity index (χ0n) is 13.4. The molecule has 1 aromatic carbocycles. The van der Waals surface area contributed by atoms with E-state index in [-0.39, 0.29) is 17.7 Å². The summed E-state index contributed by atoms with van der Waals surface area (Å²) >= 11 is 0. The van der Waals surface area contributed by atoms with E-state index in [1.807, 2.05) is 11.8 Å². The molecule has 5 heteroatoms. The smallest absolute Gasteiger partial charge is 0.322 e. The van der Waals surface area contributed by atoms with E-state index in [4.69, 9.17) is 10.00 Å². The Hall–Kier alpha value is -2.06. The van der Waals surface area contributed by atoms with E-state index in [0.717, 1.165) is 12.8 Å². The van der Waals surface area contributed by atoms with Crippen LogP contribution in [-0.4, -0.2) is 35.7 Å². The van der Waals surface area contributed by atoms with E-state index < -0.39 is 0 Å². The van der Waals surface area contributed by atoms with Gasteiger partial charge in [-0.05, 0) is 57.9 Å². The first-order chi connectivity index (χ1) is 10.4. The van der Waals surface area contributed by atoms with Gasteiger partial charge < -0.3 is 15.0 Å². The van der Waals surface area contributed by atoms with Gasteiger partial charge in [0, 0.05) is 24.9 Å². The largest absolute Gasteiger partial charge is 0.375 e. The molecule has 1 heterocycles. The van der Waals surface area contributed by atoms with E-state index in [2.05, 4.69) is 25.2 Å². The minimum atomic E-state index is -0.189. The van der Waals surface area contributed by atoms with E-state index in [1.54, 1.807) is 24.3 Å². The first-order valence-electron chi connectivity index (χ1n) is 7.67. The lowest BCUT2D eigenvalue weighted by molar-refractivity contribution is -0.0758. The molecule has 0 spiro atoms. The molecule has 1 atom stereocenters. The molecule has 1 aliphatic rings. The molecule has 0 radical (unpaired) electrons. The highest BCUT2D eigenvalue weighted by molar-refractivity contribution is 5.89. The quantitative estimate of drug-likeness (QED) is 0.931. The summed E-state index contributed by atoms with van der Waals surface area (Å²) in [5, 5.41) is 11.7. The second kappa shape index (κ2) is 6.80. The number of hydrogen-bond donors (Lipinski definition) is 1. The van der Waals surface area contributed by atoms with Crippen LogP contribution in [0.1, 0.15) is 39.2 Å². The van der Waals surface area contributed by atoms with Crippen molar-refractivity contribution in [1.29, 1.82) is 5.26 Å². The number of benzene rings is 1. The summed E-state index contributed by atoms with van der Waals surface area (Å²) in [5.41, 5.74) is 1.09. The van der Waals surface area contributed by atoms with Crippen molar-refractivity contribution in [1.82, 2.24) is 4.90 Å². The van der Waals surface area contributed by atoms with E-state index in [0.29, 0.717) is 24.4 Å². The number of carbonyl (C=O) groups excluding carboxylic acids is 1. The third kappa shape index (κ3) is 3.99. The Morgan fingerprint density at radius 2 is 2.14 bits per heavy atom. The van der Waals surface area contributed by atoms with Crippen LogP contribution in [-0.2, 0) is 4.74 Å². The highest BCUT2D eigenvalue weighted by Crippen LogP contribution is 2.27. The van der Waals surface area contributed by atoms with Crippen molar-refractivity contribution >= 4 is 11.7 Å². The highest BCUT2D eigenvalue weighted by atomic mass is 16.5. The van der Waals surface area contributed by atoms with Gasteiger partial charge >= 0.3 is 6.03 Å². The van der Waals surface area contributed by atoms with Gasteiger partial charge in [0.05, 0.1) is 17.2 Å². The number of nitrogens with one attached hydrogen (secondary N) is 1. The van der Waals surface area contributed by atoms with E-state index in [1.165, 1.54) is 0 Å². The summed E-state index contributed by atoms with van der Waals surface area (Å²) in [4.78, 5) is 14.4. The molecule has 0 bridgehead atoms. The zero-order valence-corrected chi connectivity index (χ0v) is 13.4. The zero-order chi connectivity index (χ0) is 16.2. The number of nitriles is 1. The van der Waals surface area contributed by atoms with Crippen LogP contribution in [0.5, 0.6) is 0 Å². The van der Waals surface area contributed by atoms with Gasteiger partial charge in [-0.3, -0.25) is 0 Å². The van der Waals surface area contributed by atoms with Gasteiger partial charge in [0.2, 0.25) is 0 Å². The van der Waals surface area contributed by atoms with Crippen molar-refractivity contribution in [2.75, 3.05) is 18.5 Å². The lowest BCUT2D eigenvalue weighted by atomic mass is 9.93. The van der Waals surface area contributed by atoms with Gasteiger partial charge in [-0.15, -0.1) is 0 Å². The van der Waals surface area contributed by atoms with Crippen LogP contribution >= 0.6 is 0 Å². The first kappa shape index (κ1) is 16.3. The Kier molecular flexibility index (Phi) is 5.04. The van der Waals surface area contributed by atoms with Crippen molar-refractivity contribution < 1.29 is 9.53 Å². The predicted molar refractivity (Wildman–Crippen MR) is 85.6 cm³/mol. The topological polar surface area (TPSA) is 65.4 Å². The van der Waals surface area contributed by atoms with Crippen molar-refractivity contribution in [3.05, 3.63) is 29.8 Å². The molecular formula is C17H23N3O2. The number of amides is 2. The number of ether oxygens (including phenoxy) is 1. The second-order valence-electron chi connectivity index (χ2n) is 6.16. The molecule has 1 saturated heterocycles. The van der Waals surface area contributed by atoms with Crippen molar-refractivity contribution in [3.63, 3.8) is 0 Å². The molecule has 22 heavy (non-hydrogen) atoms. The summed E-state index contributed by atoms with van der Waals surface area (Å²) in [6, 6.07) is 9.04. The van der Waals surface area contributed by atoms with E-state index >= 15 is 0 Å². The molecule has 0 aliphatic carbocycles. The number of hydrogen-bond acceptors (Lipinski definition) is 3. The lowest BCUT2D eigenvalue weighted by Gasteiger charge is -2.40. The summed E-state index contributed by atoms with van der Waals surface area (Å²) in [5.74, 6) is 0. The van der Waals surface area contributed by atoms with E-state index in [9.17, 15) is 4.79 Å². The number of anilines is 1. The number of carbonyl (C=O) groups is 1. The van der Waals surface area contributed by atoms with Crippen LogP contribution in [0.4, 0.5) is 10.5 Å². The standard InChI is InChI=1S/C17H23N3O2/c1-4-20(15-9-10-22-17(2,3)11-15)16(21)19-14-7-5-13(12-18)6-8-14/h5-8,15H,4,9-11H2,1-3H3,(H,19,21). The molecule has 118 valence electrons.